The molecule has 0 radical (unpaired) electrons. The maximum absolute atomic E-state index is 5.43. The summed E-state index contributed by atoms with van der Waals surface area (Å²) in [5.41, 5.74) is 0. The van der Waals surface area contributed by atoms with Crippen LogP contribution in [0.25, 0.3) is 0 Å². The molecular formula is C12H26N2O2S. The minimum absolute atomic E-state index is 0.261. The fraction of sp³-hybridized carbons (Fsp3) is 0.917. The van der Waals surface area contributed by atoms with Gasteiger partial charge in [-0.3, -0.25) is 0 Å². The summed E-state index contributed by atoms with van der Waals surface area (Å²) >= 11 is 5.23. The van der Waals surface area contributed by atoms with Gasteiger partial charge in [-0.2, -0.15) is 0 Å². The van der Waals surface area contributed by atoms with Crippen molar-refractivity contribution in [2.45, 2.75) is 33.2 Å². The Morgan fingerprint density at radius 1 is 1.35 bits per heavy atom. The van der Waals surface area contributed by atoms with Crippen molar-refractivity contribution in [3.63, 3.8) is 0 Å². The first kappa shape index (κ1) is 16.6. The van der Waals surface area contributed by atoms with E-state index < -0.39 is 0 Å². The second-order valence-electron chi connectivity index (χ2n) is 4.26. The minimum atomic E-state index is 0.261. The molecule has 5 heteroatoms. The summed E-state index contributed by atoms with van der Waals surface area (Å²) in [6, 6.07) is 0.261. The van der Waals surface area contributed by atoms with Crippen molar-refractivity contribution in [2.24, 2.45) is 5.92 Å². The summed E-state index contributed by atoms with van der Waals surface area (Å²) in [5, 5.41) is 7.14. The van der Waals surface area contributed by atoms with Crippen molar-refractivity contribution in [1.29, 1.82) is 0 Å². The Kier molecular flexibility index (Phi) is 10.5. The van der Waals surface area contributed by atoms with E-state index in [-0.39, 0.29) is 6.04 Å². The minimum Gasteiger partial charge on any atom is -0.385 e. The smallest absolute Gasteiger partial charge is 0.166 e. The Bertz CT molecular complexity index is 201. The van der Waals surface area contributed by atoms with Crippen LogP contribution in [-0.2, 0) is 9.47 Å². The zero-order chi connectivity index (χ0) is 13.1. The predicted octanol–water partition coefficient (Wildman–Crippen LogP) is 1.55. The summed E-state index contributed by atoms with van der Waals surface area (Å²) < 4.78 is 10.4. The maximum Gasteiger partial charge on any atom is 0.166 e. The van der Waals surface area contributed by atoms with E-state index in [2.05, 4.69) is 24.5 Å². The highest BCUT2D eigenvalue weighted by Gasteiger charge is 2.13. The molecule has 1 atom stereocenters. The zero-order valence-electron chi connectivity index (χ0n) is 11.4. The van der Waals surface area contributed by atoms with Gasteiger partial charge in [-0.05, 0) is 31.5 Å². The van der Waals surface area contributed by atoms with E-state index in [4.69, 9.17) is 21.7 Å². The third-order valence-corrected chi connectivity index (χ3v) is 2.70. The first-order chi connectivity index (χ1) is 8.11. The molecule has 17 heavy (non-hydrogen) atoms. The fourth-order valence-electron chi connectivity index (χ4n) is 1.28. The first-order valence-electron chi connectivity index (χ1n) is 6.22. The van der Waals surface area contributed by atoms with Gasteiger partial charge in [0.15, 0.2) is 5.11 Å². The zero-order valence-corrected chi connectivity index (χ0v) is 12.2. The average molecular weight is 262 g/mol. The monoisotopic (exact) mass is 262 g/mol. The van der Waals surface area contributed by atoms with Crippen LogP contribution < -0.4 is 10.6 Å². The van der Waals surface area contributed by atoms with Crippen molar-refractivity contribution in [3.8, 4) is 0 Å². The van der Waals surface area contributed by atoms with E-state index in [0.29, 0.717) is 17.6 Å². The molecule has 0 saturated carbocycles. The van der Waals surface area contributed by atoms with Gasteiger partial charge in [0, 0.05) is 26.9 Å². The summed E-state index contributed by atoms with van der Waals surface area (Å²) in [6.07, 6.45) is 0.954. The molecule has 1 unspecified atom stereocenters. The lowest BCUT2D eigenvalue weighted by Crippen LogP contribution is -2.46. The van der Waals surface area contributed by atoms with Crippen molar-refractivity contribution in [3.05, 3.63) is 0 Å². The van der Waals surface area contributed by atoms with Crippen LogP contribution in [0.2, 0.25) is 0 Å². The fourth-order valence-corrected chi connectivity index (χ4v) is 1.54. The Morgan fingerprint density at radius 2 is 2.06 bits per heavy atom. The van der Waals surface area contributed by atoms with Gasteiger partial charge in [-0.25, -0.2) is 0 Å². The van der Waals surface area contributed by atoms with Crippen molar-refractivity contribution in [2.75, 3.05) is 33.5 Å². The van der Waals surface area contributed by atoms with Crippen LogP contribution in [0.15, 0.2) is 0 Å². The highest BCUT2D eigenvalue weighted by molar-refractivity contribution is 7.80. The molecule has 4 nitrogen and oxygen atoms in total. The molecule has 0 saturated heterocycles. The Morgan fingerprint density at radius 3 is 2.59 bits per heavy atom. The van der Waals surface area contributed by atoms with Crippen LogP contribution in [0.5, 0.6) is 0 Å². The quantitative estimate of drug-likeness (QED) is 0.487. The second-order valence-corrected chi connectivity index (χ2v) is 4.66. The molecule has 0 heterocycles. The molecule has 0 aliphatic heterocycles. The normalized spacial score (nSPS) is 12.5. The van der Waals surface area contributed by atoms with Gasteiger partial charge in [0.2, 0.25) is 0 Å². The summed E-state index contributed by atoms with van der Waals surface area (Å²) in [5.74, 6) is 0.486. The third kappa shape index (κ3) is 9.32. The van der Waals surface area contributed by atoms with E-state index in [9.17, 15) is 0 Å². The average Bonchev–Trinajstić information content (AvgIpc) is 2.29. The predicted molar refractivity (Wildman–Crippen MR) is 75.3 cm³/mol. The molecule has 0 aromatic heterocycles. The van der Waals surface area contributed by atoms with Crippen molar-refractivity contribution in [1.82, 2.24) is 10.6 Å². The lowest BCUT2D eigenvalue weighted by atomic mass is 10.1. The van der Waals surface area contributed by atoms with E-state index in [1.165, 1.54) is 0 Å². The van der Waals surface area contributed by atoms with E-state index >= 15 is 0 Å². The Balaban J connectivity index is 3.79. The topological polar surface area (TPSA) is 42.5 Å². The standard InChI is InChI=1S/C12H26N2O2S/c1-5-16-9-11(10(2)3)14-12(17)13-7-6-8-15-4/h10-11H,5-9H2,1-4H3,(H2,13,14,17). The lowest BCUT2D eigenvalue weighted by Gasteiger charge is -2.23. The van der Waals surface area contributed by atoms with Gasteiger partial charge in [-0.1, -0.05) is 13.8 Å². The van der Waals surface area contributed by atoms with Crippen LogP contribution in [0, 0.1) is 5.92 Å². The molecule has 0 spiro atoms. The summed E-state index contributed by atoms with van der Waals surface area (Å²) in [7, 11) is 1.70. The van der Waals surface area contributed by atoms with E-state index in [1.54, 1.807) is 7.11 Å². The van der Waals surface area contributed by atoms with E-state index in [1.807, 2.05) is 6.92 Å². The number of rotatable bonds is 9. The SMILES string of the molecule is CCOCC(NC(=S)NCCCOC)C(C)C. The van der Waals surface area contributed by atoms with Crippen LogP contribution >= 0.6 is 12.2 Å². The number of nitrogens with one attached hydrogen (secondary N) is 2. The Hall–Kier alpha value is -0.390. The molecule has 0 aromatic carbocycles. The molecule has 0 aliphatic carbocycles. The molecule has 0 fully saturated rings. The molecule has 2 N–H and O–H groups in total. The lowest BCUT2D eigenvalue weighted by molar-refractivity contribution is 0.115. The molecule has 0 aliphatic rings. The highest BCUT2D eigenvalue weighted by atomic mass is 32.1. The van der Waals surface area contributed by atoms with Gasteiger partial charge in [0.05, 0.1) is 12.6 Å². The van der Waals surface area contributed by atoms with Crippen LogP contribution in [0.4, 0.5) is 0 Å². The van der Waals surface area contributed by atoms with Gasteiger partial charge in [0.25, 0.3) is 0 Å². The van der Waals surface area contributed by atoms with Crippen molar-refractivity contribution < 1.29 is 9.47 Å². The van der Waals surface area contributed by atoms with Crippen LogP contribution in [-0.4, -0.2) is 44.6 Å². The van der Waals surface area contributed by atoms with Crippen molar-refractivity contribution >= 4 is 17.3 Å². The molecule has 0 aromatic rings. The number of methoxy groups -OCH3 is 1. The number of hydrogen-bond donors (Lipinski definition) is 2. The number of thiocarbonyl (C=S) groups is 1. The van der Waals surface area contributed by atoms with Gasteiger partial charge >= 0.3 is 0 Å². The third-order valence-electron chi connectivity index (χ3n) is 2.43. The summed E-state index contributed by atoms with van der Waals surface area (Å²) in [4.78, 5) is 0. The molecule has 0 bridgehead atoms. The Labute approximate surface area is 110 Å². The second kappa shape index (κ2) is 10.7. The molecular weight excluding hydrogens is 236 g/mol. The molecule has 0 rings (SSSR count). The van der Waals surface area contributed by atoms with Gasteiger partial charge in [-0.15, -0.1) is 0 Å². The summed E-state index contributed by atoms with van der Waals surface area (Å²) in [6.45, 7) is 9.32. The van der Waals surface area contributed by atoms with Gasteiger partial charge in [0.1, 0.15) is 0 Å². The maximum atomic E-state index is 5.43. The van der Waals surface area contributed by atoms with E-state index in [0.717, 1.165) is 26.2 Å². The molecule has 102 valence electrons. The largest absolute Gasteiger partial charge is 0.385 e. The molecule has 0 amide bonds. The van der Waals surface area contributed by atoms with Crippen LogP contribution in [0.3, 0.4) is 0 Å². The van der Waals surface area contributed by atoms with Gasteiger partial charge < -0.3 is 20.1 Å². The first-order valence-corrected chi connectivity index (χ1v) is 6.63. The number of hydrogen-bond acceptors (Lipinski definition) is 3. The van der Waals surface area contributed by atoms with Crippen LogP contribution in [0.1, 0.15) is 27.2 Å². The highest BCUT2D eigenvalue weighted by Crippen LogP contribution is 2.02. The number of ether oxygens (including phenoxy) is 2.